The molecule has 8 heteroatoms. The Kier molecular flexibility index (Phi) is 5.16. The van der Waals surface area contributed by atoms with Crippen molar-refractivity contribution in [3.63, 3.8) is 0 Å². The first kappa shape index (κ1) is 17.9. The predicted molar refractivity (Wildman–Crippen MR) is 75.1 cm³/mol. The van der Waals surface area contributed by atoms with Crippen LogP contribution in [0.4, 0.5) is 23.7 Å². The van der Waals surface area contributed by atoms with Crippen molar-refractivity contribution in [2.24, 2.45) is 0 Å². The Morgan fingerprint density at radius 2 is 1.86 bits per heavy atom. The zero-order valence-corrected chi connectivity index (χ0v) is 12.8. The maximum atomic E-state index is 12.8. The van der Waals surface area contributed by atoms with Crippen LogP contribution in [0.2, 0.25) is 0 Å². The number of benzene rings is 1. The molecule has 0 heterocycles. The molecule has 0 radical (unpaired) electrons. The number of nitrogens with two attached hydrogens (primary N) is 1. The van der Waals surface area contributed by atoms with E-state index in [2.05, 4.69) is 0 Å². The molecule has 0 aliphatic heterocycles. The van der Waals surface area contributed by atoms with Crippen LogP contribution in [0.25, 0.3) is 0 Å². The summed E-state index contributed by atoms with van der Waals surface area (Å²) in [6, 6.07) is 3.06. The topological polar surface area (TPSA) is 64.8 Å². The highest BCUT2D eigenvalue weighted by molar-refractivity contribution is 5.67. The number of hydrogen-bond acceptors (Lipinski definition) is 4. The van der Waals surface area contributed by atoms with E-state index in [1.165, 1.54) is 6.07 Å². The first-order valence-electron chi connectivity index (χ1n) is 6.59. The predicted octanol–water partition coefficient (Wildman–Crippen LogP) is 3.84. The fourth-order valence-electron chi connectivity index (χ4n) is 1.51. The van der Waals surface area contributed by atoms with E-state index >= 15 is 0 Å². The summed E-state index contributed by atoms with van der Waals surface area (Å²) in [5, 5.41) is 0.830. The Balaban J connectivity index is 2.95. The second-order valence-electron chi connectivity index (χ2n) is 5.51. The molecule has 0 saturated heterocycles. The number of nitrogens with zero attached hydrogens (tertiary/aromatic N) is 1. The molecule has 5 nitrogen and oxygen atoms in total. The van der Waals surface area contributed by atoms with Crippen molar-refractivity contribution in [3.8, 4) is 5.75 Å². The number of alkyl halides is 3. The van der Waals surface area contributed by atoms with Gasteiger partial charge in [-0.3, -0.25) is 0 Å². The molecule has 0 aromatic heterocycles. The number of anilines is 1. The third kappa shape index (κ3) is 5.01. The second-order valence-corrected chi connectivity index (χ2v) is 5.51. The third-order valence-electron chi connectivity index (χ3n) is 2.43. The summed E-state index contributed by atoms with van der Waals surface area (Å²) in [6.45, 7) is 6.71. The van der Waals surface area contributed by atoms with Crippen molar-refractivity contribution < 1.29 is 27.5 Å². The summed E-state index contributed by atoms with van der Waals surface area (Å²) >= 11 is 0. The third-order valence-corrected chi connectivity index (χ3v) is 2.43. The van der Waals surface area contributed by atoms with Crippen molar-refractivity contribution in [3.05, 3.63) is 23.8 Å². The van der Waals surface area contributed by atoms with Crippen molar-refractivity contribution in [2.75, 3.05) is 12.3 Å². The zero-order chi connectivity index (χ0) is 17.1. The van der Waals surface area contributed by atoms with Gasteiger partial charge in [-0.05, 0) is 45.9 Å². The van der Waals surface area contributed by atoms with Crippen LogP contribution in [0.15, 0.2) is 18.2 Å². The summed E-state index contributed by atoms with van der Waals surface area (Å²) in [5.41, 5.74) is 3.12. The van der Waals surface area contributed by atoms with Gasteiger partial charge < -0.3 is 15.3 Å². The Bertz CT molecular complexity index is 539. The van der Waals surface area contributed by atoms with E-state index in [0.717, 1.165) is 17.2 Å². The number of ether oxygens (including phenoxy) is 1. The Morgan fingerprint density at radius 1 is 1.27 bits per heavy atom. The minimum Gasteiger partial charge on any atom is -0.442 e. The Morgan fingerprint density at radius 3 is 2.32 bits per heavy atom. The number of rotatable bonds is 3. The molecule has 0 bridgehead atoms. The largest absolute Gasteiger partial charge is 0.443 e. The SMILES string of the molecule is CCN(Oc1ccc(N)c(C(F)(F)F)c1)C(=O)OC(C)(C)C. The van der Waals surface area contributed by atoms with Crippen LogP contribution in [0.5, 0.6) is 5.75 Å². The number of carbonyl (C=O) groups excluding carboxylic acids is 1. The van der Waals surface area contributed by atoms with Gasteiger partial charge in [0.05, 0.1) is 12.1 Å². The van der Waals surface area contributed by atoms with Crippen molar-refractivity contribution >= 4 is 11.8 Å². The molecular weight excluding hydrogens is 301 g/mol. The quantitative estimate of drug-likeness (QED) is 0.679. The maximum absolute atomic E-state index is 12.8. The van der Waals surface area contributed by atoms with E-state index in [1.807, 2.05) is 0 Å². The minimum atomic E-state index is -4.60. The summed E-state index contributed by atoms with van der Waals surface area (Å²) < 4.78 is 43.5. The van der Waals surface area contributed by atoms with Gasteiger partial charge in [-0.25, -0.2) is 4.79 Å². The average molecular weight is 320 g/mol. The van der Waals surface area contributed by atoms with Crippen LogP contribution in [0.1, 0.15) is 33.3 Å². The van der Waals surface area contributed by atoms with Crippen molar-refractivity contribution in [1.82, 2.24) is 5.06 Å². The standard InChI is InChI=1S/C14H19F3N2O3/c1-5-19(12(20)21-13(2,3)4)22-9-6-7-11(18)10(8-9)14(15,16)17/h6-8H,5,18H2,1-4H3. The van der Waals surface area contributed by atoms with Crippen LogP contribution in [0, 0.1) is 0 Å². The molecule has 0 atom stereocenters. The molecule has 0 saturated carbocycles. The first-order chi connectivity index (χ1) is 9.94. The van der Waals surface area contributed by atoms with Crippen LogP contribution in [0.3, 0.4) is 0 Å². The van der Waals surface area contributed by atoms with E-state index in [-0.39, 0.29) is 12.3 Å². The summed E-state index contributed by atoms with van der Waals surface area (Å²) in [5.74, 6) is -0.158. The monoisotopic (exact) mass is 320 g/mol. The normalized spacial score (nSPS) is 12.0. The highest BCUT2D eigenvalue weighted by Gasteiger charge is 2.33. The minimum absolute atomic E-state index is 0.0979. The zero-order valence-electron chi connectivity index (χ0n) is 12.8. The lowest BCUT2D eigenvalue weighted by atomic mass is 10.1. The molecule has 1 amide bonds. The lowest BCUT2D eigenvalue weighted by Crippen LogP contribution is -2.38. The van der Waals surface area contributed by atoms with E-state index in [4.69, 9.17) is 15.3 Å². The highest BCUT2D eigenvalue weighted by Crippen LogP contribution is 2.35. The summed E-state index contributed by atoms with van der Waals surface area (Å²) in [7, 11) is 0. The van der Waals surface area contributed by atoms with Crippen LogP contribution in [-0.2, 0) is 10.9 Å². The van der Waals surface area contributed by atoms with Gasteiger partial charge in [0, 0.05) is 5.69 Å². The smallest absolute Gasteiger partial charge is 0.442 e. The van der Waals surface area contributed by atoms with Crippen LogP contribution in [-0.4, -0.2) is 23.3 Å². The summed E-state index contributed by atoms with van der Waals surface area (Å²) in [6.07, 6.45) is -5.40. The van der Waals surface area contributed by atoms with Gasteiger partial charge in [-0.15, -0.1) is 5.06 Å². The molecule has 124 valence electrons. The molecule has 0 aliphatic carbocycles. The lowest BCUT2D eigenvalue weighted by molar-refractivity contribution is -0.137. The number of hydrogen-bond donors (Lipinski definition) is 1. The second kappa shape index (κ2) is 6.33. The van der Waals surface area contributed by atoms with Gasteiger partial charge in [-0.1, -0.05) is 0 Å². The van der Waals surface area contributed by atoms with E-state index < -0.39 is 29.1 Å². The Labute approximate surface area is 126 Å². The molecule has 0 unspecified atom stereocenters. The first-order valence-corrected chi connectivity index (χ1v) is 6.59. The number of halogens is 3. The number of hydroxylamine groups is 2. The van der Waals surface area contributed by atoms with Gasteiger partial charge in [0.2, 0.25) is 0 Å². The van der Waals surface area contributed by atoms with Gasteiger partial charge >= 0.3 is 12.3 Å². The fourth-order valence-corrected chi connectivity index (χ4v) is 1.51. The van der Waals surface area contributed by atoms with E-state index in [9.17, 15) is 18.0 Å². The van der Waals surface area contributed by atoms with Gasteiger partial charge in [0.25, 0.3) is 0 Å². The van der Waals surface area contributed by atoms with Gasteiger partial charge in [0.15, 0.2) is 5.75 Å². The van der Waals surface area contributed by atoms with E-state index in [1.54, 1.807) is 27.7 Å². The van der Waals surface area contributed by atoms with E-state index in [0.29, 0.717) is 0 Å². The molecule has 22 heavy (non-hydrogen) atoms. The lowest BCUT2D eigenvalue weighted by Gasteiger charge is -2.26. The van der Waals surface area contributed by atoms with Gasteiger partial charge in [0.1, 0.15) is 5.60 Å². The van der Waals surface area contributed by atoms with Crippen molar-refractivity contribution in [1.29, 1.82) is 0 Å². The molecule has 0 aliphatic rings. The molecule has 1 aromatic rings. The van der Waals surface area contributed by atoms with Gasteiger partial charge in [-0.2, -0.15) is 13.2 Å². The molecular formula is C14H19F3N2O3. The van der Waals surface area contributed by atoms with Crippen molar-refractivity contribution in [2.45, 2.75) is 39.5 Å². The van der Waals surface area contributed by atoms with Crippen LogP contribution < -0.4 is 10.6 Å². The highest BCUT2D eigenvalue weighted by atomic mass is 19.4. The molecule has 2 N–H and O–H groups in total. The molecule has 1 rings (SSSR count). The molecule has 0 fully saturated rings. The summed E-state index contributed by atoms with van der Waals surface area (Å²) in [4.78, 5) is 17.0. The molecule has 0 spiro atoms. The number of amides is 1. The molecule has 1 aromatic carbocycles. The fraction of sp³-hybridized carbons (Fsp3) is 0.500. The maximum Gasteiger partial charge on any atom is 0.443 e. The number of carbonyl (C=O) groups is 1. The van der Waals surface area contributed by atoms with Crippen LogP contribution >= 0.6 is 0 Å². The number of nitrogen functional groups attached to an aromatic ring is 1. The average Bonchev–Trinajstić information content (AvgIpc) is 2.34. The Hall–Kier alpha value is -2.12.